The van der Waals surface area contributed by atoms with Gasteiger partial charge in [0.15, 0.2) is 0 Å². The summed E-state index contributed by atoms with van der Waals surface area (Å²) in [6.07, 6.45) is 0.547. The van der Waals surface area contributed by atoms with Crippen molar-refractivity contribution in [3.8, 4) is 17.0 Å². The Kier molecular flexibility index (Phi) is 5.55. The summed E-state index contributed by atoms with van der Waals surface area (Å²) in [6.45, 7) is 0.0330. The third-order valence-corrected chi connectivity index (χ3v) is 4.31. The molecule has 3 aromatic rings. The second-order valence-electron chi connectivity index (χ2n) is 5.64. The first kappa shape index (κ1) is 18.0. The second kappa shape index (κ2) is 8.03. The van der Waals surface area contributed by atoms with Crippen LogP contribution in [0, 0.1) is 0 Å². The van der Waals surface area contributed by atoms with Crippen LogP contribution in [-0.2, 0) is 0 Å². The fourth-order valence-corrected chi connectivity index (χ4v) is 2.86. The van der Waals surface area contributed by atoms with E-state index < -0.39 is 6.10 Å². The van der Waals surface area contributed by atoms with Gasteiger partial charge in [-0.3, -0.25) is 9.89 Å². The zero-order chi connectivity index (χ0) is 18.5. The van der Waals surface area contributed by atoms with Crippen LogP contribution < -0.4 is 10.1 Å². The minimum atomic E-state index is -0.903. The second-order valence-corrected chi connectivity index (χ2v) is 6.05. The molecule has 1 aromatic heterocycles. The predicted molar refractivity (Wildman–Crippen MR) is 99.3 cm³/mol. The quantitative estimate of drug-likeness (QED) is 0.621. The lowest BCUT2D eigenvalue weighted by Crippen LogP contribution is -2.28. The first-order valence-corrected chi connectivity index (χ1v) is 8.36. The summed E-state index contributed by atoms with van der Waals surface area (Å²) in [5, 5.41) is 20.2. The number of ether oxygens (including phenoxy) is 1. The Hall–Kier alpha value is -2.83. The number of aliphatic hydroxyl groups excluding tert-OH is 1. The number of H-pyrrole nitrogens is 1. The van der Waals surface area contributed by atoms with Crippen molar-refractivity contribution >= 4 is 17.5 Å². The summed E-state index contributed by atoms with van der Waals surface area (Å²) in [6, 6.07) is 14.3. The Morgan fingerprint density at radius 1 is 1.31 bits per heavy atom. The molecule has 1 amide bonds. The number of hydrogen-bond donors (Lipinski definition) is 3. The molecule has 0 aliphatic heterocycles. The fourth-order valence-electron chi connectivity index (χ4n) is 2.60. The molecule has 134 valence electrons. The van der Waals surface area contributed by atoms with Gasteiger partial charge in [0.25, 0.3) is 5.91 Å². The molecule has 2 aromatic carbocycles. The third-order valence-electron chi connectivity index (χ3n) is 3.96. The van der Waals surface area contributed by atoms with Gasteiger partial charge in [-0.2, -0.15) is 5.10 Å². The lowest BCUT2D eigenvalue weighted by molar-refractivity contribution is 0.0917. The molecule has 0 aliphatic carbocycles. The maximum absolute atomic E-state index is 12.5. The van der Waals surface area contributed by atoms with Gasteiger partial charge in [-0.05, 0) is 18.2 Å². The molecule has 0 fully saturated rings. The number of aromatic nitrogens is 2. The zero-order valence-electron chi connectivity index (χ0n) is 14.1. The number of carbonyl (C=O) groups excluding carboxylic acids is 1. The number of methoxy groups -OCH3 is 1. The van der Waals surface area contributed by atoms with Gasteiger partial charge in [0.1, 0.15) is 5.75 Å². The van der Waals surface area contributed by atoms with Crippen LogP contribution >= 0.6 is 11.6 Å². The van der Waals surface area contributed by atoms with Crippen molar-refractivity contribution in [2.24, 2.45) is 0 Å². The number of benzene rings is 2. The van der Waals surface area contributed by atoms with E-state index in [2.05, 4.69) is 15.5 Å². The fraction of sp³-hybridized carbons (Fsp3) is 0.158. The van der Waals surface area contributed by atoms with E-state index in [0.29, 0.717) is 27.6 Å². The van der Waals surface area contributed by atoms with Crippen LogP contribution in [0.3, 0.4) is 0 Å². The van der Waals surface area contributed by atoms with Gasteiger partial charge in [0.2, 0.25) is 0 Å². The van der Waals surface area contributed by atoms with E-state index in [9.17, 15) is 9.90 Å². The van der Waals surface area contributed by atoms with E-state index in [4.69, 9.17) is 16.3 Å². The largest absolute Gasteiger partial charge is 0.497 e. The van der Waals surface area contributed by atoms with Crippen molar-refractivity contribution < 1.29 is 14.6 Å². The lowest BCUT2D eigenvalue weighted by atomic mass is 10.1. The number of halogens is 1. The number of nitrogens with one attached hydrogen (secondary N) is 2. The third kappa shape index (κ3) is 3.87. The van der Waals surface area contributed by atoms with E-state index in [0.717, 1.165) is 5.56 Å². The van der Waals surface area contributed by atoms with Crippen LogP contribution in [0.1, 0.15) is 22.0 Å². The summed E-state index contributed by atoms with van der Waals surface area (Å²) in [5.74, 6) is 0.334. The van der Waals surface area contributed by atoms with E-state index in [1.807, 2.05) is 24.3 Å². The summed E-state index contributed by atoms with van der Waals surface area (Å²) in [5.41, 5.74) is 2.30. The van der Waals surface area contributed by atoms with Gasteiger partial charge in [0, 0.05) is 22.7 Å². The molecule has 1 atom stereocenters. The highest BCUT2D eigenvalue weighted by atomic mass is 35.5. The van der Waals surface area contributed by atoms with Gasteiger partial charge in [0.05, 0.1) is 30.7 Å². The topological polar surface area (TPSA) is 87.2 Å². The van der Waals surface area contributed by atoms with Gasteiger partial charge < -0.3 is 15.2 Å². The molecular formula is C19H18ClN3O3. The minimum absolute atomic E-state index is 0.0330. The molecule has 6 nitrogen and oxygen atoms in total. The van der Waals surface area contributed by atoms with E-state index in [1.54, 1.807) is 31.4 Å². The number of hydrogen-bond acceptors (Lipinski definition) is 4. The number of aromatic amines is 1. The molecular weight excluding hydrogens is 354 g/mol. The van der Waals surface area contributed by atoms with Crippen LogP contribution in [0.4, 0.5) is 0 Å². The maximum Gasteiger partial charge on any atom is 0.255 e. The van der Waals surface area contributed by atoms with Crippen molar-refractivity contribution in [1.82, 2.24) is 15.5 Å². The summed E-state index contributed by atoms with van der Waals surface area (Å²) < 4.78 is 5.21. The number of carbonyl (C=O) groups is 1. The zero-order valence-corrected chi connectivity index (χ0v) is 14.8. The van der Waals surface area contributed by atoms with E-state index >= 15 is 0 Å². The van der Waals surface area contributed by atoms with Crippen LogP contribution in [0.15, 0.2) is 54.7 Å². The normalized spacial score (nSPS) is 11.8. The number of amides is 1. The Bertz CT molecular complexity index is 910. The highest BCUT2D eigenvalue weighted by molar-refractivity contribution is 6.31. The molecule has 26 heavy (non-hydrogen) atoms. The molecule has 3 N–H and O–H groups in total. The lowest BCUT2D eigenvalue weighted by Gasteiger charge is -2.13. The van der Waals surface area contributed by atoms with Crippen molar-refractivity contribution in [3.63, 3.8) is 0 Å². The van der Waals surface area contributed by atoms with Crippen LogP contribution in [-0.4, -0.2) is 34.9 Å². The molecule has 0 bridgehead atoms. The van der Waals surface area contributed by atoms with Gasteiger partial charge >= 0.3 is 0 Å². The average molecular weight is 372 g/mol. The smallest absolute Gasteiger partial charge is 0.255 e. The summed E-state index contributed by atoms with van der Waals surface area (Å²) >= 11 is 6.07. The van der Waals surface area contributed by atoms with Crippen LogP contribution in [0.25, 0.3) is 11.3 Å². The van der Waals surface area contributed by atoms with Crippen molar-refractivity contribution in [3.05, 3.63) is 70.9 Å². The molecule has 0 saturated carbocycles. The predicted octanol–water partition coefficient (Wildman–Crippen LogP) is 3.20. The number of nitrogens with zero attached hydrogens (tertiary/aromatic N) is 1. The van der Waals surface area contributed by atoms with Gasteiger partial charge in [-0.1, -0.05) is 41.9 Å². The highest BCUT2D eigenvalue weighted by Crippen LogP contribution is 2.25. The first-order chi connectivity index (χ1) is 12.6. The molecule has 0 spiro atoms. The number of rotatable bonds is 6. The molecule has 7 heteroatoms. The monoisotopic (exact) mass is 371 g/mol. The standard InChI is InChI=1S/C19H18ClN3O3/c1-26-13-6-4-5-12(9-13)18-15(10-22-23-18)19(25)21-11-17(24)14-7-2-3-8-16(14)20/h2-10,17,24H,11H2,1H3,(H,21,25)(H,22,23)/t17-/m1/s1. The number of aliphatic hydroxyl groups is 1. The van der Waals surface area contributed by atoms with Crippen molar-refractivity contribution in [2.75, 3.05) is 13.7 Å². The summed E-state index contributed by atoms with van der Waals surface area (Å²) in [7, 11) is 1.58. The molecule has 1 heterocycles. The molecule has 0 unspecified atom stereocenters. The van der Waals surface area contributed by atoms with E-state index in [1.165, 1.54) is 6.20 Å². The van der Waals surface area contributed by atoms with E-state index in [-0.39, 0.29) is 12.5 Å². The molecule has 0 saturated heterocycles. The molecule has 3 rings (SSSR count). The van der Waals surface area contributed by atoms with Gasteiger partial charge in [-0.15, -0.1) is 0 Å². The Morgan fingerprint density at radius 2 is 2.12 bits per heavy atom. The molecule has 0 radical (unpaired) electrons. The highest BCUT2D eigenvalue weighted by Gasteiger charge is 2.18. The molecule has 0 aliphatic rings. The Balaban J connectivity index is 1.73. The van der Waals surface area contributed by atoms with Gasteiger partial charge in [-0.25, -0.2) is 0 Å². The maximum atomic E-state index is 12.5. The summed E-state index contributed by atoms with van der Waals surface area (Å²) in [4.78, 5) is 12.5. The van der Waals surface area contributed by atoms with Crippen molar-refractivity contribution in [2.45, 2.75) is 6.10 Å². The van der Waals surface area contributed by atoms with Crippen molar-refractivity contribution in [1.29, 1.82) is 0 Å². The Labute approximate surface area is 155 Å². The van der Waals surface area contributed by atoms with Crippen LogP contribution in [0.2, 0.25) is 5.02 Å². The minimum Gasteiger partial charge on any atom is -0.497 e. The SMILES string of the molecule is COc1cccc(-c2[nH]ncc2C(=O)NC[C@@H](O)c2ccccc2Cl)c1. The Morgan fingerprint density at radius 3 is 2.88 bits per heavy atom. The van der Waals surface area contributed by atoms with Crippen LogP contribution in [0.5, 0.6) is 5.75 Å². The first-order valence-electron chi connectivity index (χ1n) is 7.98. The average Bonchev–Trinajstić information content (AvgIpc) is 3.16.